The van der Waals surface area contributed by atoms with Crippen molar-refractivity contribution in [1.82, 2.24) is 4.31 Å². The first-order valence-electron chi connectivity index (χ1n) is 7.06. The lowest BCUT2D eigenvalue weighted by molar-refractivity contribution is 0.397. The second-order valence-corrected chi connectivity index (χ2v) is 7.77. The predicted octanol–water partition coefficient (Wildman–Crippen LogP) is 2.29. The third-order valence-electron chi connectivity index (χ3n) is 3.60. The first-order valence-corrected chi connectivity index (χ1v) is 8.67. The van der Waals surface area contributed by atoms with E-state index in [2.05, 4.69) is 13.8 Å². The van der Waals surface area contributed by atoms with Crippen LogP contribution in [0.25, 0.3) is 0 Å². The Labute approximate surface area is 135 Å². The van der Waals surface area contributed by atoms with Crippen LogP contribution in [0.15, 0.2) is 30.3 Å². The number of hydrogen-bond donors (Lipinski definition) is 1. The molecular weight excluding hydrogens is 308 g/mol. The average Bonchev–Trinajstić information content (AvgIpc) is 2.43. The van der Waals surface area contributed by atoms with Crippen LogP contribution in [0.3, 0.4) is 0 Å². The van der Waals surface area contributed by atoms with E-state index in [0.717, 1.165) is 5.56 Å². The third-order valence-corrected chi connectivity index (χ3v) is 5.45. The standard InChI is InChI=1S/C15H26N2O2S.ClH/c1-13(2)15(16)9-11-17(3)20(18,19)12-10-14-7-5-4-6-8-14;/h4-8,13,15H,9-12,16H2,1-3H3;1H. The molecule has 1 unspecified atom stereocenters. The third kappa shape index (κ3) is 7.27. The number of aryl methyl sites for hydroxylation is 1. The fourth-order valence-electron chi connectivity index (χ4n) is 1.85. The number of nitrogens with zero attached hydrogens (tertiary/aromatic N) is 1. The molecule has 1 aromatic rings. The smallest absolute Gasteiger partial charge is 0.214 e. The first-order chi connectivity index (χ1) is 9.33. The number of benzene rings is 1. The van der Waals surface area contributed by atoms with Crippen molar-refractivity contribution in [2.24, 2.45) is 11.7 Å². The van der Waals surface area contributed by atoms with Crippen LogP contribution in [-0.2, 0) is 16.4 Å². The minimum Gasteiger partial charge on any atom is -0.327 e. The van der Waals surface area contributed by atoms with Gasteiger partial charge in [-0.2, -0.15) is 0 Å². The number of rotatable bonds is 8. The SMILES string of the molecule is CC(C)C(N)CCN(C)S(=O)(=O)CCc1ccccc1.Cl. The first kappa shape index (κ1) is 20.4. The van der Waals surface area contributed by atoms with Crippen LogP contribution in [0.2, 0.25) is 0 Å². The fourth-order valence-corrected chi connectivity index (χ4v) is 3.04. The Balaban J connectivity index is 0.00000400. The van der Waals surface area contributed by atoms with Gasteiger partial charge < -0.3 is 5.73 Å². The maximum Gasteiger partial charge on any atom is 0.214 e. The minimum atomic E-state index is -3.20. The second kappa shape index (κ2) is 9.41. The lowest BCUT2D eigenvalue weighted by atomic mass is 10.0. The van der Waals surface area contributed by atoms with Crippen molar-refractivity contribution in [3.63, 3.8) is 0 Å². The Bertz CT molecular complexity index is 492. The Morgan fingerprint density at radius 3 is 2.29 bits per heavy atom. The molecule has 0 amide bonds. The number of hydrogen-bond acceptors (Lipinski definition) is 3. The molecule has 1 rings (SSSR count). The summed E-state index contributed by atoms with van der Waals surface area (Å²) in [5.74, 6) is 0.514. The van der Waals surface area contributed by atoms with Crippen molar-refractivity contribution >= 4 is 22.4 Å². The summed E-state index contributed by atoms with van der Waals surface area (Å²) in [6.07, 6.45) is 1.24. The van der Waals surface area contributed by atoms with Gasteiger partial charge in [-0.3, -0.25) is 0 Å². The zero-order chi connectivity index (χ0) is 15.2. The van der Waals surface area contributed by atoms with Gasteiger partial charge in [-0.05, 0) is 24.3 Å². The molecule has 122 valence electrons. The van der Waals surface area contributed by atoms with Crippen molar-refractivity contribution in [2.75, 3.05) is 19.3 Å². The summed E-state index contributed by atoms with van der Waals surface area (Å²) in [7, 11) is -1.57. The Kier molecular flexibility index (Phi) is 9.13. The molecule has 0 aliphatic heterocycles. The van der Waals surface area contributed by atoms with E-state index in [-0.39, 0.29) is 24.2 Å². The van der Waals surface area contributed by atoms with Crippen LogP contribution in [0, 0.1) is 5.92 Å². The zero-order valence-corrected chi connectivity index (χ0v) is 14.7. The monoisotopic (exact) mass is 334 g/mol. The number of nitrogens with two attached hydrogens (primary N) is 1. The largest absolute Gasteiger partial charge is 0.327 e. The lowest BCUT2D eigenvalue weighted by Crippen LogP contribution is -2.36. The van der Waals surface area contributed by atoms with Gasteiger partial charge in [-0.25, -0.2) is 12.7 Å². The average molecular weight is 335 g/mol. The Morgan fingerprint density at radius 1 is 1.19 bits per heavy atom. The molecule has 0 aliphatic rings. The quantitative estimate of drug-likeness (QED) is 0.793. The Hall–Kier alpha value is -0.620. The Morgan fingerprint density at radius 2 is 1.76 bits per heavy atom. The van der Waals surface area contributed by atoms with Crippen LogP contribution in [0.1, 0.15) is 25.8 Å². The van der Waals surface area contributed by atoms with Gasteiger partial charge in [0.2, 0.25) is 10.0 Å². The molecule has 0 aromatic heterocycles. The van der Waals surface area contributed by atoms with Crippen LogP contribution in [0.5, 0.6) is 0 Å². The van der Waals surface area contributed by atoms with E-state index in [1.807, 2.05) is 30.3 Å². The van der Waals surface area contributed by atoms with Gasteiger partial charge in [0.1, 0.15) is 0 Å². The van der Waals surface area contributed by atoms with E-state index < -0.39 is 10.0 Å². The molecule has 1 atom stereocenters. The van der Waals surface area contributed by atoms with E-state index in [0.29, 0.717) is 25.3 Å². The summed E-state index contributed by atoms with van der Waals surface area (Å²) in [6.45, 7) is 4.58. The van der Waals surface area contributed by atoms with Gasteiger partial charge in [-0.1, -0.05) is 44.2 Å². The summed E-state index contributed by atoms with van der Waals surface area (Å²) in [5, 5.41) is 0. The molecule has 0 saturated carbocycles. The predicted molar refractivity (Wildman–Crippen MR) is 91.2 cm³/mol. The molecule has 0 spiro atoms. The highest BCUT2D eigenvalue weighted by Crippen LogP contribution is 2.08. The number of sulfonamides is 1. The highest BCUT2D eigenvalue weighted by Gasteiger charge is 2.19. The summed E-state index contributed by atoms with van der Waals surface area (Å²) in [4.78, 5) is 0. The molecular formula is C15H27ClN2O2S. The number of halogens is 1. The van der Waals surface area contributed by atoms with Crippen molar-refractivity contribution < 1.29 is 8.42 Å². The van der Waals surface area contributed by atoms with Crippen LogP contribution < -0.4 is 5.73 Å². The van der Waals surface area contributed by atoms with Gasteiger partial charge in [0.25, 0.3) is 0 Å². The molecule has 0 fully saturated rings. The molecule has 21 heavy (non-hydrogen) atoms. The van der Waals surface area contributed by atoms with E-state index in [1.54, 1.807) is 7.05 Å². The van der Waals surface area contributed by atoms with Crippen molar-refractivity contribution in [3.8, 4) is 0 Å². The van der Waals surface area contributed by atoms with E-state index >= 15 is 0 Å². The van der Waals surface area contributed by atoms with Gasteiger partial charge in [-0.15, -0.1) is 12.4 Å². The maximum atomic E-state index is 12.2. The van der Waals surface area contributed by atoms with Crippen molar-refractivity contribution in [1.29, 1.82) is 0 Å². The summed E-state index contributed by atoms with van der Waals surface area (Å²) in [6, 6.07) is 9.72. The summed E-state index contributed by atoms with van der Waals surface area (Å²) in [5.41, 5.74) is 7.00. The van der Waals surface area contributed by atoms with Crippen molar-refractivity contribution in [2.45, 2.75) is 32.7 Å². The molecule has 0 bridgehead atoms. The highest BCUT2D eigenvalue weighted by molar-refractivity contribution is 7.89. The molecule has 0 aliphatic carbocycles. The minimum absolute atomic E-state index is 0. The normalized spacial score (nSPS) is 13.2. The van der Waals surface area contributed by atoms with Crippen molar-refractivity contribution in [3.05, 3.63) is 35.9 Å². The highest BCUT2D eigenvalue weighted by atomic mass is 35.5. The fraction of sp³-hybridized carbons (Fsp3) is 0.600. The van der Waals surface area contributed by atoms with Gasteiger partial charge in [0.15, 0.2) is 0 Å². The lowest BCUT2D eigenvalue weighted by Gasteiger charge is -2.21. The van der Waals surface area contributed by atoms with E-state index in [1.165, 1.54) is 4.31 Å². The van der Waals surface area contributed by atoms with Crippen LogP contribution >= 0.6 is 12.4 Å². The molecule has 0 saturated heterocycles. The molecule has 4 nitrogen and oxygen atoms in total. The molecule has 6 heteroatoms. The van der Waals surface area contributed by atoms with Gasteiger partial charge in [0.05, 0.1) is 5.75 Å². The van der Waals surface area contributed by atoms with Crippen LogP contribution in [-0.4, -0.2) is 38.1 Å². The topological polar surface area (TPSA) is 63.4 Å². The summed E-state index contributed by atoms with van der Waals surface area (Å²) >= 11 is 0. The second-order valence-electron chi connectivity index (χ2n) is 5.57. The van der Waals surface area contributed by atoms with Gasteiger partial charge in [0, 0.05) is 19.6 Å². The molecule has 1 aromatic carbocycles. The van der Waals surface area contributed by atoms with E-state index in [9.17, 15) is 8.42 Å². The maximum absolute atomic E-state index is 12.2. The molecule has 2 N–H and O–H groups in total. The summed E-state index contributed by atoms with van der Waals surface area (Å²) < 4.78 is 25.8. The molecule has 0 heterocycles. The van der Waals surface area contributed by atoms with Gasteiger partial charge >= 0.3 is 0 Å². The van der Waals surface area contributed by atoms with E-state index in [4.69, 9.17) is 5.73 Å². The molecule has 0 radical (unpaired) electrons. The zero-order valence-electron chi connectivity index (χ0n) is 13.0. The van der Waals surface area contributed by atoms with Crippen LogP contribution in [0.4, 0.5) is 0 Å².